The fourth-order valence-electron chi connectivity index (χ4n) is 1.64. The fraction of sp³-hybridized carbons (Fsp3) is 0.462. The molecule has 0 saturated carbocycles. The summed E-state index contributed by atoms with van der Waals surface area (Å²) in [6.07, 6.45) is 2.33. The van der Waals surface area contributed by atoms with Gasteiger partial charge in [-0.15, -0.1) is 0 Å². The minimum atomic E-state index is -0.931. The Balaban J connectivity index is 0.000000228. The fourth-order valence-corrected chi connectivity index (χ4v) is 1.64. The highest BCUT2D eigenvalue weighted by atomic mass is 16.6. The molecule has 4 atom stereocenters. The summed E-state index contributed by atoms with van der Waals surface area (Å²) in [4.78, 5) is 20.5. The van der Waals surface area contributed by atoms with E-state index in [4.69, 9.17) is 40.6 Å². The molecule has 0 aliphatic carbocycles. The second kappa shape index (κ2) is 16.5. The van der Waals surface area contributed by atoms with Crippen LogP contribution in [0.4, 0.5) is 11.4 Å². The summed E-state index contributed by atoms with van der Waals surface area (Å²) in [5, 5.41) is 16.9. The molecule has 0 radical (unpaired) electrons. The van der Waals surface area contributed by atoms with Crippen molar-refractivity contribution in [1.82, 2.24) is 0 Å². The number of aromatic carboxylic acids is 2. The third-order valence-electron chi connectivity index (χ3n) is 4.32. The Morgan fingerprint density at radius 2 is 0.750 bits per heavy atom. The van der Waals surface area contributed by atoms with E-state index in [1.165, 1.54) is 24.3 Å². The summed E-state index contributed by atoms with van der Waals surface area (Å²) in [7, 11) is 0. The minimum Gasteiger partial charge on any atom is -0.478 e. The van der Waals surface area contributed by atoms with Crippen molar-refractivity contribution in [3.63, 3.8) is 0 Å². The smallest absolute Gasteiger partial charge is 0.335 e. The highest BCUT2D eigenvalue weighted by Gasteiger charge is 2.14. The molecule has 200 valence electrons. The van der Waals surface area contributed by atoms with Gasteiger partial charge < -0.3 is 40.6 Å². The average Bonchev–Trinajstić information content (AvgIpc) is 3.61. The van der Waals surface area contributed by atoms with Crippen LogP contribution >= 0.6 is 0 Å². The van der Waals surface area contributed by atoms with Crippen LogP contribution in [0.1, 0.15) is 48.4 Å². The molecule has 10 heteroatoms. The number of anilines is 2. The first kappa shape index (κ1) is 30.9. The molecule has 6 N–H and O–H groups in total. The molecule has 4 heterocycles. The van der Waals surface area contributed by atoms with Crippen LogP contribution in [-0.2, 0) is 18.9 Å². The van der Waals surface area contributed by atoms with Crippen LogP contribution in [0.2, 0.25) is 0 Å². The molecule has 0 aromatic heterocycles. The zero-order valence-electron chi connectivity index (χ0n) is 21.3. The molecular formula is C26H38N2O8. The first-order valence-corrected chi connectivity index (χ1v) is 11.6. The van der Waals surface area contributed by atoms with Gasteiger partial charge in [-0.25, -0.2) is 9.59 Å². The van der Waals surface area contributed by atoms with Gasteiger partial charge in [0.1, 0.15) is 0 Å². The van der Waals surface area contributed by atoms with Crippen molar-refractivity contribution in [2.45, 2.75) is 52.1 Å². The van der Waals surface area contributed by atoms with Crippen molar-refractivity contribution >= 4 is 23.3 Å². The lowest BCUT2D eigenvalue weighted by molar-refractivity contribution is 0.0686. The van der Waals surface area contributed by atoms with E-state index in [9.17, 15) is 9.59 Å². The Labute approximate surface area is 212 Å². The molecule has 10 nitrogen and oxygen atoms in total. The van der Waals surface area contributed by atoms with Crippen LogP contribution in [-0.4, -0.2) is 73.0 Å². The van der Waals surface area contributed by atoms with E-state index < -0.39 is 11.9 Å². The van der Waals surface area contributed by atoms with Gasteiger partial charge in [-0.05, 0) is 76.2 Å². The van der Waals surface area contributed by atoms with Gasteiger partial charge in [-0.3, -0.25) is 0 Å². The van der Waals surface area contributed by atoms with E-state index in [0.717, 1.165) is 26.4 Å². The first-order chi connectivity index (χ1) is 17.0. The molecule has 6 rings (SSSR count). The Hall–Kier alpha value is -3.18. The zero-order valence-corrected chi connectivity index (χ0v) is 21.3. The number of rotatable bonds is 2. The standard InChI is InChI=1S/2C7H7NO2.4C3H6O/c2*8-6-3-1-5(2-4-6)7(9)10;4*1-3-2-4-3/h2*1-4H,8H2,(H,9,10);4*3H,2H2,1H3. The molecule has 0 spiro atoms. The summed E-state index contributed by atoms with van der Waals surface area (Å²) in [5.74, 6) is -1.86. The van der Waals surface area contributed by atoms with E-state index >= 15 is 0 Å². The van der Waals surface area contributed by atoms with Crippen molar-refractivity contribution in [2.24, 2.45) is 0 Å². The molecule has 4 unspecified atom stereocenters. The Morgan fingerprint density at radius 3 is 0.861 bits per heavy atom. The molecule has 0 amide bonds. The van der Waals surface area contributed by atoms with Gasteiger partial charge in [0.25, 0.3) is 0 Å². The normalized spacial score (nSPS) is 22.8. The molecular weight excluding hydrogens is 468 g/mol. The average molecular weight is 507 g/mol. The lowest BCUT2D eigenvalue weighted by Gasteiger charge is -1.93. The van der Waals surface area contributed by atoms with E-state index in [1.54, 1.807) is 24.3 Å². The second-order valence-electron chi connectivity index (χ2n) is 8.43. The van der Waals surface area contributed by atoms with Crippen molar-refractivity contribution < 1.29 is 38.7 Å². The monoisotopic (exact) mass is 506 g/mol. The predicted molar refractivity (Wildman–Crippen MR) is 137 cm³/mol. The Bertz CT molecular complexity index is 794. The number of carbonyl (C=O) groups is 2. The number of carboxylic acid groups (broad SMARTS) is 2. The molecule has 4 fully saturated rings. The van der Waals surface area contributed by atoms with E-state index in [2.05, 4.69) is 27.7 Å². The SMILES string of the molecule is CC1CO1.CC1CO1.CC1CO1.CC1CO1.Nc1ccc(C(=O)O)cc1.Nc1ccc(C(=O)O)cc1. The summed E-state index contributed by atoms with van der Waals surface area (Å²) >= 11 is 0. The number of hydrogen-bond acceptors (Lipinski definition) is 8. The lowest BCUT2D eigenvalue weighted by Crippen LogP contribution is -1.95. The number of epoxide rings is 4. The van der Waals surface area contributed by atoms with Crippen LogP contribution in [0.25, 0.3) is 0 Å². The molecule has 4 aliphatic rings. The molecule has 0 bridgehead atoms. The molecule has 2 aromatic carbocycles. The van der Waals surface area contributed by atoms with Crippen LogP contribution in [0.3, 0.4) is 0 Å². The molecule has 4 aliphatic heterocycles. The Morgan fingerprint density at radius 1 is 0.583 bits per heavy atom. The number of benzene rings is 2. The number of nitrogen functional groups attached to an aromatic ring is 2. The van der Waals surface area contributed by atoms with Crippen molar-refractivity contribution in [3.05, 3.63) is 59.7 Å². The largest absolute Gasteiger partial charge is 0.478 e. The third-order valence-corrected chi connectivity index (χ3v) is 4.32. The van der Waals surface area contributed by atoms with Gasteiger partial charge in [-0.1, -0.05) is 0 Å². The van der Waals surface area contributed by atoms with Crippen molar-refractivity contribution in [3.8, 4) is 0 Å². The van der Waals surface area contributed by atoms with Gasteiger partial charge in [0.15, 0.2) is 0 Å². The van der Waals surface area contributed by atoms with Gasteiger partial charge in [0.2, 0.25) is 0 Å². The molecule has 4 saturated heterocycles. The van der Waals surface area contributed by atoms with Crippen LogP contribution < -0.4 is 11.5 Å². The zero-order chi connectivity index (χ0) is 27.1. The lowest BCUT2D eigenvalue weighted by atomic mass is 10.2. The van der Waals surface area contributed by atoms with Crippen LogP contribution in [0.15, 0.2) is 48.5 Å². The second-order valence-corrected chi connectivity index (χ2v) is 8.43. The van der Waals surface area contributed by atoms with E-state index in [-0.39, 0.29) is 11.1 Å². The quantitative estimate of drug-likeness (QED) is 0.348. The van der Waals surface area contributed by atoms with Crippen molar-refractivity contribution in [2.75, 3.05) is 37.9 Å². The highest BCUT2D eigenvalue weighted by molar-refractivity contribution is 5.88. The summed E-state index contributed by atoms with van der Waals surface area (Å²) in [5.41, 5.74) is 12.3. The third kappa shape index (κ3) is 20.2. The molecule has 2 aromatic rings. The number of carboxylic acids is 2. The van der Waals surface area contributed by atoms with Gasteiger partial charge in [-0.2, -0.15) is 0 Å². The van der Waals surface area contributed by atoms with Gasteiger partial charge in [0, 0.05) is 11.4 Å². The maximum absolute atomic E-state index is 10.3. The maximum Gasteiger partial charge on any atom is 0.335 e. The summed E-state index contributed by atoms with van der Waals surface area (Å²) in [6, 6.07) is 12.1. The maximum atomic E-state index is 10.3. The number of hydrogen-bond donors (Lipinski definition) is 4. The van der Waals surface area contributed by atoms with E-state index in [1.807, 2.05) is 0 Å². The summed E-state index contributed by atoms with van der Waals surface area (Å²) < 4.78 is 18.8. The number of nitrogens with two attached hydrogens (primary N) is 2. The summed E-state index contributed by atoms with van der Waals surface area (Å²) in [6.45, 7) is 12.2. The predicted octanol–water partition coefficient (Wildman–Crippen LogP) is 3.55. The van der Waals surface area contributed by atoms with Crippen molar-refractivity contribution in [1.29, 1.82) is 0 Å². The van der Waals surface area contributed by atoms with Gasteiger partial charge in [0.05, 0.1) is 62.0 Å². The Kier molecular flexibility index (Phi) is 14.1. The van der Waals surface area contributed by atoms with Crippen LogP contribution in [0.5, 0.6) is 0 Å². The van der Waals surface area contributed by atoms with E-state index in [0.29, 0.717) is 35.8 Å². The van der Waals surface area contributed by atoms with Gasteiger partial charge >= 0.3 is 11.9 Å². The van der Waals surface area contributed by atoms with Crippen LogP contribution in [0, 0.1) is 0 Å². The molecule has 36 heavy (non-hydrogen) atoms. The topological polar surface area (TPSA) is 177 Å². The highest BCUT2D eigenvalue weighted by Crippen LogP contribution is 2.06. The first-order valence-electron chi connectivity index (χ1n) is 11.6. The number of ether oxygens (including phenoxy) is 4. The minimum absolute atomic E-state index is 0.259.